The molecule has 30 heavy (non-hydrogen) atoms. The van der Waals surface area contributed by atoms with Crippen molar-refractivity contribution in [3.8, 4) is 0 Å². The summed E-state index contributed by atoms with van der Waals surface area (Å²) >= 11 is 0. The zero-order chi connectivity index (χ0) is 21.3. The molecule has 0 aliphatic heterocycles. The molecule has 0 heterocycles. The number of halogens is 1. The third-order valence-corrected chi connectivity index (χ3v) is 4.33. The van der Waals surface area contributed by atoms with Gasteiger partial charge in [-0.05, 0) is 24.3 Å². The number of Topliss-reactive ketones (excluding diaryl/α,β-unsaturated/α-hetero) is 1. The zero-order valence-corrected chi connectivity index (χ0v) is 16.1. The van der Waals surface area contributed by atoms with Crippen molar-refractivity contribution in [3.05, 3.63) is 102 Å². The fourth-order valence-electron chi connectivity index (χ4n) is 2.82. The molecule has 0 fully saturated rings. The maximum atomic E-state index is 12.9. The molecule has 0 saturated carbocycles. The van der Waals surface area contributed by atoms with Gasteiger partial charge in [-0.1, -0.05) is 60.7 Å². The second-order valence-corrected chi connectivity index (χ2v) is 6.57. The first-order valence-electron chi connectivity index (χ1n) is 9.42. The second-order valence-electron chi connectivity index (χ2n) is 6.57. The summed E-state index contributed by atoms with van der Waals surface area (Å²) in [7, 11) is 0. The predicted molar refractivity (Wildman–Crippen MR) is 110 cm³/mol. The number of amides is 1. The topological polar surface area (TPSA) is 72.5 Å². The molecule has 152 valence electrons. The van der Waals surface area contributed by atoms with Gasteiger partial charge in [-0.15, -0.1) is 0 Å². The third-order valence-electron chi connectivity index (χ3n) is 4.33. The number of carbonyl (C=O) groups is 3. The monoisotopic (exact) mass is 405 g/mol. The molecule has 1 amide bonds. The van der Waals surface area contributed by atoms with Crippen molar-refractivity contribution in [2.45, 2.75) is 18.9 Å². The Morgan fingerprint density at radius 2 is 1.40 bits per heavy atom. The zero-order valence-electron chi connectivity index (χ0n) is 16.1. The highest BCUT2D eigenvalue weighted by molar-refractivity contribution is 6.01. The van der Waals surface area contributed by atoms with Crippen LogP contribution in [0.1, 0.15) is 34.9 Å². The minimum atomic E-state index is -1.10. The molecule has 1 N–H and O–H groups in total. The number of carbonyl (C=O) groups excluding carboxylic acids is 3. The molecule has 0 aromatic heterocycles. The van der Waals surface area contributed by atoms with Gasteiger partial charge in [0.05, 0.1) is 6.42 Å². The van der Waals surface area contributed by atoms with Crippen LogP contribution in [0.2, 0.25) is 0 Å². The lowest BCUT2D eigenvalue weighted by Crippen LogP contribution is -2.21. The molecular formula is C24H20FNO4. The molecule has 0 aliphatic rings. The Labute approximate surface area is 173 Å². The first-order valence-corrected chi connectivity index (χ1v) is 9.42. The maximum absolute atomic E-state index is 12.9. The van der Waals surface area contributed by atoms with E-state index < -0.39 is 23.8 Å². The van der Waals surface area contributed by atoms with E-state index in [1.165, 1.54) is 24.3 Å². The van der Waals surface area contributed by atoms with Crippen LogP contribution < -0.4 is 5.32 Å². The number of hydrogen-bond acceptors (Lipinski definition) is 4. The SMILES string of the molecule is O=C(CCC(=O)O[C@@H](C(=O)c1ccccc1)c1ccccc1)Nc1ccc(F)cc1. The summed E-state index contributed by atoms with van der Waals surface area (Å²) in [5.41, 5.74) is 1.40. The number of hydrogen-bond donors (Lipinski definition) is 1. The number of nitrogens with one attached hydrogen (secondary N) is 1. The van der Waals surface area contributed by atoms with Gasteiger partial charge in [0, 0.05) is 23.2 Å². The van der Waals surface area contributed by atoms with Crippen molar-refractivity contribution < 1.29 is 23.5 Å². The number of anilines is 1. The van der Waals surface area contributed by atoms with E-state index >= 15 is 0 Å². The van der Waals surface area contributed by atoms with E-state index in [1.54, 1.807) is 60.7 Å². The van der Waals surface area contributed by atoms with Gasteiger partial charge in [0.25, 0.3) is 0 Å². The van der Waals surface area contributed by atoms with Crippen molar-refractivity contribution >= 4 is 23.3 Å². The molecule has 0 bridgehead atoms. The standard InChI is InChI=1S/C24H20FNO4/c25-19-11-13-20(14-12-19)26-21(27)15-16-22(28)30-24(18-9-5-2-6-10-18)23(29)17-7-3-1-4-8-17/h1-14,24H,15-16H2,(H,26,27)/t24-/m1/s1. The third kappa shape index (κ3) is 5.85. The fourth-order valence-corrected chi connectivity index (χ4v) is 2.82. The van der Waals surface area contributed by atoms with E-state index in [4.69, 9.17) is 4.74 Å². The van der Waals surface area contributed by atoms with Gasteiger partial charge in [0.15, 0.2) is 6.10 Å². The fraction of sp³-hybridized carbons (Fsp3) is 0.125. The van der Waals surface area contributed by atoms with Crippen LogP contribution in [-0.4, -0.2) is 17.7 Å². The molecular weight excluding hydrogens is 385 g/mol. The highest BCUT2D eigenvalue weighted by Crippen LogP contribution is 2.23. The van der Waals surface area contributed by atoms with Gasteiger partial charge in [-0.25, -0.2) is 4.39 Å². The average molecular weight is 405 g/mol. The van der Waals surface area contributed by atoms with Crippen LogP contribution in [0.5, 0.6) is 0 Å². The summed E-state index contributed by atoms with van der Waals surface area (Å²) in [6.07, 6.45) is -1.42. The van der Waals surface area contributed by atoms with Gasteiger partial charge in [-0.2, -0.15) is 0 Å². The average Bonchev–Trinajstić information content (AvgIpc) is 2.78. The van der Waals surface area contributed by atoms with Crippen molar-refractivity contribution in [2.75, 3.05) is 5.32 Å². The molecule has 6 heteroatoms. The lowest BCUT2D eigenvalue weighted by molar-refractivity contribution is -0.148. The molecule has 0 aliphatic carbocycles. The van der Waals surface area contributed by atoms with Gasteiger partial charge >= 0.3 is 5.97 Å². The molecule has 3 aromatic rings. The largest absolute Gasteiger partial charge is 0.449 e. The van der Waals surface area contributed by atoms with Crippen molar-refractivity contribution in [1.29, 1.82) is 0 Å². The number of benzene rings is 3. The van der Waals surface area contributed by atoms with E-state index in [0.29, 0.717) is 16.8 Å². The van der Waals surface area contributed by atoms with Crippen LogP contribution in [0.15, 0.2) is 84.9 Å². The maximum Gasteiger partial charge on any atom is 0.307 e. The van der Waals surface area contributed by atoms with Crippen LogP contribution in [-0.2, 0) is 14.3 Å². The number of ether oxygens (including phenoxy) is 1. The van der Waals surface area contributed by atoms with E-state index in [2.05, 4.69) is 5.32 Å². The Bertz CT molecular complexity index is 1000. The van der Waals surface area contributed by atoms with E-state index in [9.17, 15) is 18.8 Å². The highest BCUT2D eigenvalue weighted by atomic mass is 19.1. The van der Waals surface area contributed by atoms with Crippen LogP contribution in [0.4, 0.5) is 10.1 Å². The van der Waals surface area contributed by atoms with E-state index in [1.807, 2.05) is 0 Å². The lowest BCUT2D eigenvalue weighted by atomic mass is 10.00. The minimum absolute atomic E-state index is 0.128. The van der Waals surface area contributed by atoms with Crippen LogP contribution in [0.3, 0.4) is 0 Å². The number of rotatable bonds is 8. The molecule has 0 spiro atoms. The Morgan fingerprint density at radius 1 is 0.800 bits per heavy atom. The van der Waals surface area contributed by atoms with Crippen LogP contribution in [0.25, 0.3) is 0 Å². The molecule has 3 aromatic carbocycles. The van der Waals surface area contributed by atoms with Crippen molar-refractivity contribution in [2.24, 2.45) is 0 Å². The Balaban J connectivity index is 1.62. The molecule has 0 unspecified atom stereocenters. The normalized spacial score (nSPS) is 11.4. The molecule has 1 atom stereocenters. The summed E-state index contributed by atoms with van der Waals surface area (Å²) in [5, 5.41) is 2.58. The van der Waals surface area contributed by atoms with Crippen molar-refractivity contribution in [1.82, 2.24) is 0 Å². The Hall–Kier alpha value is -3.80. The summed E-state index contributed by atoms with van der Waals surface area (Å²) in [5.74, 6) is -1.83. The minimum Gasteiger partial charge on any atom is -0.449 e. The van der Waals surface area contributed by atoms with Crippen LogP contribution >= 0.6 is 0 Å². The van der Waals surface area contributed by atoms with E-state index in [0.717, 1.165) is 0 Å². The van der Waals surface area contributed by atoms with Gasteiger partial charge < -0.3 is 10.1 Å². The molecule has 0 radical (unpaired) electrons. The van der Waals surface area contributed by atoms with Gasteiger partial charge in [-0.3, -0.25) is 14.4 Å². The van der Waals surface area contributed by atoms with Crippen molar-refractivity contribution in [3.63, 3.8) is 0 Å². The Kier molecular flexibility index (Phi) is 7.05. The number of ketones is 1. The molecule has 0 saturated heterocycles. The highest BCUT2D eigenvalue weighted by Gasteiger charge is 2.26. The summed E-state index contributed by atoms with van der Waals surface area (Å²) in [6, 6.07) is 22.6. The summed E-state index contributed by atoms with van der Waals surface area (Å²) in [4.78, 5) is 37.3. The lowest BCUT2D eigenvalue weighted by Gasteiger charge is -2.17. The van der Waals surface area contributed by atoms with Gasteiger partial charge in [0.1, 0.15) is 5.82 Å². The predicted octanol–water partition coefficient (Wildman–Crippen LogP) is 4.71. The smallest absolute Gasteiger partial charge is 0.307 e. The van der Waals surface area contributed by atoms with E-state index in [-0.39, 0.29) is 18.6 Å². The molecule has 3 rings (SSSR count). The number of esters is 1. The van der Waals surface area contributed by atoms with Crippen LogP contribution in [0, 0.1) is 5.82 Å². The second kappa shape index (κ2) is 10.1. The van der Waals surface area contributed by atoms with Gasteiger partial charge in [0.2, 0.25) is 11.7 Å². The molecule has 5 nitrogen and oxygen atoms in total. The summed E-state index contributed by atoms with van der Waals surface area (Å²) in [6.45, 7) is 0. The quantitative estimate of drug-likeness (QED) is 0.435. The Morgan fingerprint density at radius 3 is 2.03 bits per heavy atom. The summed E-state index contributed by atoms with van der Waals surface area (Å²) < 4.78 is 18.4. The first kappa shape index (κ1) is 20.9. The first-order chi connectivity index (χ1) is 14.5.